The molecular formula is C15H19N7O3. The first-order valence-corrected chi connectivity index (χ1v) is 7.93. The van der Waals surface area contributed by atoms with Crippen molar-refractivity contribution in [2.24, 2.45) is 0 Å². The number of hydrogen-bond acceptors (Lipinski definition) is 9. The Labute approximate surface area is 144 Å². The Morgan fingerprint density at radius 1 is 1.20 bits per heavy atom. The van der Waals surface area contributed by atoms with Crippen LogP contribution in [0.15, 0.2) is 30.9 Å². The minimum absolute atomic E-state index is 0.105. The van der Waals surface area contributed by atoms with E-state index in [1.165, 1.54) is 6.33 Å². The van der Waals surface area contributed by atoms with Gasteiger partial charge >= 0.3 is 5.69 Å². The Bertz CT molecular complexity index is 720. The zero-order valence-electron chi connectivity index (χ0n) is 13.6. The topological polar surface area (TPSA) is 121 Å². The second-order valence-corrected chi connectivity index (χ2v) is 5.56. The van der Waals surface area contributed by atoms with E-state index in [1.54, 1.807) is 24.5 Å². The molecule has 0 spiro atoms. The smallest absolute Gasteiger partial charge is 0.353 e. The van der Waals surface area contributed by atoms with Crippen molar-refractivity contribution >= 4 is 23.0 Å². The Morgan fingerprint density at radius 2 is 1.92 bits per heavy atom. The second kappa shape index (κ2) is 7.81. The van der Waals surface area contributed by atoms with Crippen molar-refractivity contribution < 1.29 is 10.0 Å². The molecule has 1 aliphatic heterocycles. The van der Waals surface area contributed by atoms with Gasteiger partial charge in [-0.2, -0.15) is 0 Å². The van der Waals surface area contributed by atoms with E-state index in [-0.39, 0.29) is 18.1 Å². The first kappa shape index (κ1) is 17.0. The fraction of sp³-hybridized carbons (Fsp3) is 0.400. The quantitative estimate of drug-likeness (QED) is 0.574. The van der Waals surface area contributed by atoms with E-state index < -0.39 is 4.92 Å². The standard InChI is InChI=1S/C15H19N7O3/c23-10-9-20-5-7-21(8-6-20)15-13(22(24)25)14(17-11-18-15)19-12-1-3-16-4-2-12/h1-4,11,23H,5-10H2,(H,16,17,18,19). The van der Waals surface area contributed by atoms with Crippen LogP contribution in [0.3, 0.4) is 0 Å². The summed E-state index contributed by atoms with van der Waals surface area (Å²) in [6.07, 6.45) is 4.51. The van der Waals surface area contributed by atoms with Gasteiger partial charge in [0.25, 0.3) is 0 Å². The number of rotatable bonds is 6. The molecule has 2 N–H and O–H groups in total. The molecule has 25 heavy (non-hydrogen) atoms. The molecule has 0 aromatic carbocycles. The summed E-state index contributed by atoms with van der Waals surface area (Å²) in [5.74, 6) is 0.458. The van der Waals surface area contributed by atoms with Crippen LogP contribution in [0.4, 0.5) is 23.0 Å². The molecule has 0 amide bonds. The number of hydrogen-bond donors (Lipinski definition) is 2. The predicted octanol–water partition coefficient (Wildman–Crippen LogP) is 0.638. The molecule has 132 valence electrons. The molecule has 0 radical (unpaired) electrons. The molecule has 2 aromatic heterocycles. The van der Waals surface area contributed by atoms with Crippen molar-refractivity contribution in [2.45, 2.75) is 0 Å². The third-order valence-corrected chi connectivity index (χ3v) is 4.02. The average molecular weight is 345 g/mol. The molecule has 0 atom stereocenters. The molecule has 1 aliphatic rings. The number of nitrogens with zero attached hydrogens (tertiary/aromatic N) is 6. The fourth-order valence-electron chi connectivity index (χ4n) is 2.76. The van der Waals surface area contributed by atoms with E-state index in [1.807, 2.05) is 4.90 Å². The second-order valence-electron chi connectivity index (χ2n) is 5.56. The monoisotopic (exact) mass is 345 g/mol. The van der Waals surface area contributed by atoms with Crippen LogP contribution in [0.25, 0.3) is 0 Å². The van der Waals surface area contributed by atoms with Gasteiger partial charge in [-0.15, -0.1) is 0 Å². The number of aromatic nitrogens is 3. The summed E-state index contributed by atoms with van der Waals surface area (Å²) in [6, 6.07) is 3.42. The summed E-state index contributed by atoms with van der Waals surface area (Å²) >= 11 is 0. The Morgan fingerprint density at radius 3 is 2.56 bits per heavy atom. The lowest BCUT2D eigenvalue weighted by atomic mass is 10.3. The first-order chi connectivity index (χ1) is 12.2. The lowest BCUT2D eigenvalue weighted by Crippen LogP contribution is -2.47. The number of nitro groups is 1. The summed E-state index contributed by atoms with van der Waals surface area (Å²) in [5.41, 5.74) is 0.519. The van der Waals surface area contributed by atoms with Crippen molar-refractivity contribution in [3.8, 4) is 0 Å². The van der Waals surface area contributed by atoms with E-state index >= 15 is 0 Å². The highest BCUT2D eigenvalue weighted by molar-refractivity contribution is 5.74. The van der Waals surface area contributed by atoms with Gasteiger partial charge in [-0.3, -0.25) is 20.0 Å². The predicted molar refractivity (Wildman–Crippen MR) is 91.9 cm³/mol. The molecular weight excluding hydrogens is 326 g/mol. The van der Waals surface area contributed by atoms with Crippen LogP contribution in [-0.2, 0) is 0 Å². The lowest BCUT2D eigenvalue weighted by Gasteiger charge is -2.34. The number of β-amino-alcohol motifs (C(OH)–C–C–N with tert-alkyl or cyclic N) is 1. The number of piperazine rings is 1. The highest BCUT2D eigenvalue weighted by Crippen LogP contribution is 2.33. The van der Waals surface area contributed by atoms with E-state index in [0.29, 0.717) is 31.1 Å². The maximum atomic E-state index is 11.6. The summed E-state index contributed by atoms with van der Waals surface area (Å²) in [5, 5.41) is 23.6. The number of pyridine rings is 1. The summed E-state index contributed by atoms with van der Waals surface area (Å²) in [7, 11) is 0. The minimum atomic E-state index is -0.459. The number of nitrogens with one attached hydrogen (secondary N) is 1. The Balaban J connectivity index is 1.85. The van der Waals surface area contributed by atoms with Gasteiger partial charge in [-0.25, -0.2) is 9.97 Å². The highest BCUT2D eigenvalue weighted by Gasteiger charge is 2.29. The van der Waals surface area contributed by atoms with Crippen LogP contribution in [0.2, 0.25) is 0 Å². The maximum absolute atomic E-state index is 11.6. The molecule has 3 heterocycles. The first-order valence-electron chi connectivity index (χ1n) is 7.93. The minimum Gasteiger partial charge on any atom is -0.395 e. The zero-order valence-corrected chi connectivity index (χ0v) is 13.6. The van der Waals surface area contributed by atoms with Gasteiger partial charge in [0.1, 0.15) is 6.33 Å². The Hall–Kier alpha value is -2.85. The van der Waals surface area contributed by atoms with Crippen molar-refractivity contribution in [1.82, 2.24) is 19.9 Å². The van der Waals surface area contributed by atoms with Crippen LogP contribution >= 0.6 is 0 Å². The van der Waals surface area contributed by atoms with Crippen LogP contribution in [0.1, 0.15) is 0 Å². The fourth-order valence-corrected chi connectivity index (χ4v) is 2.76. The highest BCUT2D eigenvalue weighted by atomic mass is 16.6. The van der Waals surface area contributed by atoms with Crippen molar-refractivity contribution in [3.05, 3.63) is 41.0 Å². The number of aliphatic hydroxyl groups is 1. The molecule has 2 aromatic rings. The van der Waals surface area contributed by atoms with Crippen molar-refractivity contribution in [3.63, 3.8) is 0 Å². The van der Waals surface area contributed by atoms with Crippen LogP contribution in [-0.4, -0.2) is 69.2 Å². The van der Waals surface area contributed by atoms with Gasteiger partial charge in [0, 0.05) is 50.8 Å². The third-order valence-electron chi connectivity index (χ3n) is 4.02. The molecule has 0 unspecified atom stereocenters. The average Bonchev–Trinajstić information content (AvgIpc) is 2.63. The maximum Gasteiger partial charge on any atom is 0.353 e. The molecule has 10 heteroatoms. The van der Waals surface area contributed by atoms with Gasteiger partial charge in [0.2, 0.25) is 11.6 Å². The number of aliphatic hydroxyl groups excluding tert-OH is 1. The van der Waals surface area contributed by atoms with Crippen LogP contribution in [0, 0.1) is 10.1 Å². The molecule has 0 aliphatic carbocycles. The molecule has 0 bridgehead atoms. The van der Waals surface area contributed by atoms with Gasteiger partial charge in [0.05, 0.1) is 11.5 Å². The normalized spacial score (nSPS) is 15.2. The van der Waals surface area contributed by atoms with E-state index in [0.717, 1.165) is 13.1 Å². The molecule has 3 rings (SSSR count). The molecule has 10 nitrogen and oxygen atoms in total. The lowest BCUT2D eigenvalue weighted by molar-refractivity contribution is -0.383. The summed E-state index contributed by atoms with van der Waals surface area (Å²) in [6.45, 7) is 3.35. The van der Waals surface area contributed by atoms with Crippen molar-refractivity contribution in [2.75, 3.05) is 49.5 Å². The summed E-state index contributed by atoms with van der Waals surface area (Å²) < 4.78 is 0. The van der Waals surface area contributed by atoms with Gasteiger partial charge in [0.15, 0.2) is 0 Å². The van der Waals surface area contributed by atoms with E-state index in [2.05, 4.69) is 25.2 Å². The summed E-state index contributed by atoms with van der Waals surface area (Å²) in [4.78, 5) is 27.3. The van der Waals surface area contributed by atoms with Crippen LogP contribution in [0.5, 0.6) is 0 Å². The molecule has 1 saturated heterocycles. The van der Waals surface area contributed by atoms with Gasteiger partial charge in [-0.1, -0.05) is 0 Å². The third kappa shape index (κ3) is 3.98. The van der Waals surface area contributed by atoms with Gasteiger partial charge in [-0.05, 0) is 12.1 Å². The van der Waals surface area contributed by atoms with Gasteiger partial charge < -0.3 is 15.3 Å². The van der Waals surface area contributed by atoms with Crippen LogP contribution < -0.4 is 10.2 Å². The Kier molecular flexibility index (Phi) is 5.31. The molecule has 1 fully saturated rings. The van der Waals surface area contributed by atoms with E-state index in [4.69, 9.17) is 5.11 Å². The largest absolute Gasteiger partial charge is 0.395 e. The van der Waals surface area contributed by atoms with Crippen molar-refractivity contribution in [1.29, 1.82) is 0 Å². The number of anilines is 3. The zero-order chi connectivity index (χ0) is 17.6. The molecule has 0 saturated carbocycles. The SMILES string of the molecule is O=[N+]([O-])c1c(Nc2ccncc2)ncnc1N1CCN(CCO)CC1. The van der Waals surface area contributed by atoms with E-state index in [9.17, 15) is 10.1 Å².